The molecule has 0 aromatic heterocycles. The second-order valence-corrected chi connectivity index (χ2v) is 5.88. The van der Waals surface area contributed by atoms with Gasteiger partial charge in [0.1, 0.15) is 6.61 Å². The molecule has 2 heterocycles. The van der Waals surface area contributed by atoms with Crippen molar-refractivity contribution in [3.63, 3.8) is 0 Å². The van der Waals surface area contributed by atoms with E-state index >= 15 is 0 Å². The summed E-state index contributed by atoms with van der Waals surface area (Å²) in [4.78, 5) is 30.0. The molecule has 2 rings (SSSR count). The number of carbonyl (C=O) groups excluding carboxylic acids is 2. The summed E-state index contributed by atoms with van der Waals surface area (Å²) in [5, 5.41) is 0. The van der Waals surface area contributed by atoms with E-state index in [1.807, 2.05) is 9.80 Å². The summed E-state index contributed by atoms with van der Waals surface area (Å²) in [5.74, 6) is 0.282. The number of likely N-dealkylation sites (tertiary alicyclic amines) is 1. The van der Waals surface area contributed by atoms with Crippen molar-refractivity contribution in [2.75, 3.05) is 59.5 Å². The molecule has 0 bridgehead atoms. The number of rotatable bonds is 4. The molecule has 0 aromatic rings. The third-order valence-electron chi connectivity index (χ3n) is 4.31. The summed E-state index contributed by atoms with van der Waals surface area (Å²) >= 11 is 0. The number of nitrogens with zero attached hydrogens (tertiary/aromatic N) is 3. The Morgan fingerprint density at radius 3 is 1.95 bits per heavy atom. The fraction of sp³-hybridized carbons (Fsp3) is 0.867. The van der Waals surface area contributed by atoms with E-state index in [9.17, 15) is 9.59 Å². The Morgan fingerprint density at radius 1 is 0.810 bits per heavy atom. The summed E-state index contributed by atoms with van der Waals surface area (Å²) in [6, 6.07) is 0. The quantitative estimate of drug-likeness (QED) is 0.743. The van der Waals surface area contributed by atoms with Crippen LogP contribution in [0.2, 0.25) is 0 Å². The Balaban J connectivity index is 1.72. The summed E-state index contributed by atoms with van der Waals surface area (Å²) < 4.78 is 4.87. The van der Waals surface area contributed by atoms with Gasteiger partial charge >= 0.3 is 0 Å². The zero-order valence-corrected chi connectivity index (χ0v) is 13.1. The van der Waals surface area contributed by atoms with Gasteiger partial charge in [-0.3, -0.25) is 14.5 Å². The van der Waals surface area contributed by atoms with Gasteiger partial charge in [0.05, 0.1) is 6.54 Å². The molecule has 120 valence electrons. The van der Waals surface area contributed by atoms with Crippen LogP contribution in [0.1, 0.15) is 25.7 Å². The molecule has 0 unspecified atom stereocenters. The lowest BCUT2D eigenvalue weighted by Gasteiger charge is -2.35. The zero-order valence-electron chi connectivity index (χ0n) is 13.1. The molecule has 0 aromatic carbocycles. The monoisotopic (exact) mass is 297 g/mol. The molecule has 21 heavy (non-hydrogen) atoms. The molecule has 0 spiro atoms. The number of amides is 2. The minimum absolute atomic E-state index is 0.0380. The molecule has 0 N–H and O–H groups in total. The molecular weight excluding hydrogens is 270 g/mol. The van der Waals surface area contributed by atoms with Crippen molar-refractivity contribution in [1.29, 1.82) is 0 Å². The van der Waals surface area contributed by atoms with E-state index in [-0.39, 0.29) is 18.4 Å². The normalized spacial score (nSPS) is 21.2. The van der Waals surface area contributed by atoms with Gasteiger partial charge < -0.3 is 14.5 Å². The molecule has 6 heteroatoms. The number of ether oxygens (including phenoxy) is 1. The first-order valence-corrected chi connectivity index (χ1v) is 7.97. The number of carbonyl (C=O) groups is 2. The zero-order chi connectivity index (χ0) is 15.1. The molecule has 2 fully saturated rings. The van der Waals surface area contributed by atoms with E-state index in [0.29, 0.717) is 19.6 Å². The van der Waals surface area contributed by atoms with Crippen molar-refractivity contribution in [3.05, 3.63) is 0 Å². The lowest BCUT2D eigenvalue weighted by molar-refractivity contribution is -0.137. The van der Waals surface area contributed by atoms with Crippen molar-refractivity contribution in [2.24, 2.45) is 0 Å². The highest BCUT2D eigenvalue weighted by molar-refractivity contribution is 5.79. The van der Waals surface area contributed by atoms with E-state index in [0.717, 1.165) is 39.0 Å². The first-order valence-electron chi connectivity index (χ1n) is 7.97. The fourth-order valence-corrected chi connectivity index (χ4v) is 2.98. The lowest BCUT2D eigenvalue weighted by Crippen LogP contribution is -2.52. The molecular formula is C15H27N3O3. The first kappa shape index (κ1) is 16.2. The number of methoxy groups -OCH3 is 1. The highest BCUT2D eigenvalue weighted by Crippen LogP contribution is 2.11. The minimum Gasteiger partial charge on any atom is -0.375 e. The maximum absolute atomic E-state index is 12.3. The van der Waals surface area contributed by atoms with Crippen LogP contribution < -0.4 is 0 Å². The van der Waals surface area contributed by atoms with Crippen LogP contribution in [0.3, 0.4) is 0 Å². The molecule has 0 saturated carbocycles. The molecule has 2 amide bonds. The van der Waals surface area contributed by atoms with E-state index in [1.54, 1.807) is 0 Å². The molecule has 0 radical (unpaired) electrons. The minimum atomic E-state index is 0.0380. The van der Waals surface area contributed by atoms with E-state index in [4.69, 9.17) is 4.74 Å². The second kappa shape index (κ2) is 8.34. The van der Waals surface area contributed by atoms with Crippen molar-refractivity contribution < 1.29 is 14.3 Å². The van der Waals surface area contributed by atoms with Gasteiger partial charge in [-0.1, -0.05) is 12.8 Å². The first-order chi connectivity index (χ1) is 10.2. The third-order valence-corrected chi connectivity index (χ3v) is 4.31. The summed E-state index contributed by atoms with van der Waals surface area (Å²) in [5.41, 5.74) is 0. The Kier molecular flexibility index (Phi) is 6.45. The summed E-state index contributed by atoms with van der Waals surface area (Å²) in [7, 11) is 1.54. The third kappa shape index (κ3) is 4.97. The van der Waals surface area contributed by atoms with E-state index in [1.165, 1.54) is 20.0 Å². The fourth-order valence-electron chi connectivity index (χ4n) is 2.98. The Hall–Kier alpha value is -1.14. The van der Waals surface area contributed by atoms with Crippen molar-refractivity contribution in [1.82, 2.24) is 14.7 Å². The van der Waals surface area contributed by atoms with Crippen LogP contribution in [0.5, 0.6) is 0 Å². The van der Waals surface area contributed by atoms with Gasteiger partial charge in [0, 0.05) is 46.4 Å². The van der Waals surface area contributed by atoms with Gasteiger partial charge in [-0.05, 0) is 12.8 Å². The standard InChI is InChI=1S/C15H27N3O3/c1-21-13-15(20)18-10-8-16(9-11-18)12-14(19)17-6-4-2-3-5-7-17/h2-13H2,1H3. The van der Waals surface area contributed by atoms with Crippen molar-refractivity contribution in [2.45, 2.75) is 25.7 Å². The topological polar surface area (TPSA) is 53.1 Å². The van der Waals surface area contributed by atoms with E-state index < -0.39 is 0 Å². The predicted molar refractivity (Wildman–Crippen MR) is 79.9 cm³/mol. The highest BCUT2D eigenvalue weighted by atomic mass is 16.5. The van der Waals surface area contributed by atoms with Crippen molar-refractivity contribution >= 4 is 11.8 Å². The van der Waals surface area contributed by atoms with Crippen LogP contribution in [-0.4, -0.2) is 86.0 Å². The summed E-state index contributed by atoms with van der Waals surface area (Å²) in [6.07, 6.45) is 4.74. The van der Waals surface area contributed by atoms with Crippen molar-refractivity contribution in [3.8, 4) is 0 Å². The Bertz CT molecular complexity index is 346. The van der Waals surface area contributed by atoms with Gasteiger partial charge in [-0.2, -0.15) is 0 Å². The lowest BCUT2D eigenvalue weighted by atomic mass is 10.2. The predicted octanol–water partition coefficient (Wildman–Crippen LogP) is 0.180. The average molecular weight is 297 g/mol. The Labute approximate surface area is 127 Å². The molecule has 0 atom stereocenters. The largest absolute Gasteiger partial charge is 0.375 e. The average Bonchev–Trinajstić information content (AvgIpc) is 2.77. The van der Waals surface area contributed by atoms with E-state index in [2.05, 4.69) is 4.90 Å². The number of piperazine rings is 1. The van der Waals surface area contributed by atoms with Gasteiger partial charge in [-0.25, -0.2) is 0 Å². The Morgan fingerprint density at radius 2 is 1.38 bits per heavy atom. The van der Waals surface area contributed by atoms with Crippen LogP contribution in [0, 0.1) is 0 Å². The maximum Gasteiger partial charge on any atom is 0.248 e. The van der Waals surface area contributed by atoms with Gasteiger partial charge in [-0.15, -0.1) is 0 Å². The SMILES string of the molecule is COCC(=O)N1CCN(CC(=O)N2CCCCCC2)CC1. The highest BCUT2D eigenvalue weighted by Gasteiger charge is 2.24. The van der Waals surface area contributed by atoms with Crippen LogP contribution in [0.25, 0.3) is 0 Å². The molecule has 6 nitrogen and oxygen atoms in total. The number of hydrogen-bond donors (Lipinski definition) is 0. The van der Waals surface area contributed by atoms with Crippen LogP contribution in [0.4, 0.5) is 0 Å². The molecule has 2 saturated heterocycles. The van der Waals surface area contributed by atoms with Crippen LogP contribution in [0.15, 0.2) is 0 Å². The van der Waals surface area contributed by atoms with Gasteiger partial charge in [0.2, 0.25) is 11.8 Å². The maximum atomic E-state index is 12.3. The molecule has 2 aliphatic rings. The number of hydrogen-bond acceptors (Lipinski definition) is 4. The molecule has 0 aliphatic carbocycles. The van der Waals surface area contributed by atoms with Gasteiger partial charge in [0.15, 0.2) is 0 Å². The summed E-state index contributed by atoms with van der Waals surface area (Å²) in [6.45, 7) is 5.38. The van der Waals surface area contributed by atoms with Crippen LogP contribution in [-0.2, 0) is 14.3 Å². The van der Waals surface area contributed by atoms with Gasteiger partial charge in [0.25, 0.3) is 0 Å². The second-order valence-electron chi connectivity index (χ2n) is 5.88. The smallest absolute Gasteiger partial charge is 0.248 e. The molecule has 2 aliphatic heterocycles. The van der Waals surface area contributed by atoms with Crippen LogP contribution >= 0.6 is 0 Å².